The lowest BCUT2D eigenvalue weighted by molar-refractivity contribution is -0.120. The lowest BCUT2D eigenvalue weighted by Gasteiger charge is -2.31. The molecule has 1 heterocycles. The van der Waals surface area contributed by atoms with Crippen molar-refractivity contribution in [1.29, 1.82) is 0 Å². The standard InChI is InChI=1S/C23H30N2O4S/c1-3-4-6-18-8-10-20(11-9-18)24-23(26)19-7-5-16-25(17-19)30(27,28)22-14-12-21(29-2)13-15-22/h8-15,19H,3-7,16-17H2,1-2H3,(H,24,26)/t19-/m1/s1. The van der Waals surface area contributed by atoms with Gasteiger partial charge in [-0.1, -0.05) is 25.5 Å². The largest absolute Gasteiger partial charge is 0.497 e. The number of aryl methyl sites for hydroxylation is 1. The average Bonchev–Trinajstić information content (AvgIpc) is 2.78. The molecule has 0 radical (unpaired) electrons. The summed E-state index contributed by atoms with van der Waals surface area (Å²) in [5, 5.41) is 2.94. The third-order valence-electron chi connectivity index (χ3n) is 5.49. The minimum Gasteiger partial charge on any atom is -0.497 e. The number of nitrogens with zero attached hydrogens (tertiary/aromatic N) is 1. The van der Waals surface area contributed by atoms with Gasteiger partial charge >= 0.3 is 0 Å². The molecule has 0 spiro atoms. The van der Waals surface area contributed by atoms with E-state index in [-0.39, 0.29) is 23.3 Å². The molecule has 1 saturated heterocycles. The van der Waals surface area contributed by atoms with Gasteiger partial charge in [0.2, 0.25) is 15.9 Å². The van der Waals surface area contributed by atoms with Crippen LogP contribution in [0.25, 0.3) is 0 Å². The van der Waals surface area contributed by atoms with Crippen molar-refractivity contribution in [1.82, 2.24) is 4.31 Å². The van der Waals surface area contributed by atoms with Crippen molar-refractivity contribution in [3.63, 3.8) is 0 Å². The number of methoxy groups -OCH3 is 1. The van der Waals surface area contributed by atoms with Crippen LogP contribution in [0, 0.1) is 5.92 Å². The number of benzene rings is 2. The maximum absolute atomic E-state index is 13.0. The van der Waals surface area contributed by atoms with Gasteiger partial charge in [-0.25, -0.2) is 8.42 Å². The van der Waals surface area contributed by atoms with Gasteiger partial charge in [-0.05, 0) is 67.6 Å². The highest BCUT2D eigenvalue weighted by molar-refractivity contribution is 7.89. The Morgan fingerprint density at radius 3 is 2.47 bits per heavy atom. The maximum atomic E-state index is 13.0. The topological polar surface area (TPSA) is 75.7 Å². The number of hydrogen-bond acceptors (Lipinski definition) is 4. The molecular weight excluding hydrogens is 400 g/mol. The first-order valence-electron chi connectivity index (χ1n) is 10.5. The molecule has 1 fully saturated rings. The van der Waals surface area contributed by atoms with E-state index < -0.39 is 10.0 Å². The van der Waals surface area contributed by atoms with Crippen molar-refractivity contribution in [3.8, 4) is 5.75 Å². The summed E-state index contributed by atoms with van der Waals surface area (Å²) in [5.74, 6) is 0.100. The zero-order valence-corrected chi connectivity index (χ0v) is 18.5. The summed E-state index contributed by atoms with van der Waals surface area (Å²) in [5.41, 5.74) is 2.00. The number of carbonyl (C=O) groups excluding carboxylic acids is 1. The fourth-order valence-corrected chi connectivity index (χ4v) is 5.18. The quantitative estimate of drug-likeness (QED) is 0.685. The molecule has 7 heteroatoms. The lowest BCUT2D eigenvalue weighted by atomic mass is 9.98. The average molecular weight is 431 g/mol. The molecule has 0 unspecified atom stereocenters. The summed E-state index contributed by atoms with van der Waals surface area (Å²) in [7, 11) is -2.11. The molecular formula is C23H30N2O4S. The van der Waals surface area contributed by atoms with Gasteiger partial charge in [0.25, 0.3) is 0 Å². The van der Waals surface area contributed by atoms with Gasteiger partial charge in [0.05, 0.1) is 17.9 Å². The number of amides is 1. The van der Waals surface area contributed by atoms with Gasteiger partial charge in [0.15, 0.2) is 0 Å². The van der Waals surface area contributed by atoms with E-state index in [1.807, 2.05) is 24.3 Å². The predicted octanol–water partition coefficient (Wildman–Crippen LogP) is 4.08. The summed E-state index contributed by atoms with van der Waals surface area (Å²) in [4.78, 5) is 13.0. The minimum absolute atomic E-state index is 0.133. The first-order valence-corrected chi connectivity index (χ1v) is 11.9. The summed E-state index contributed by atoms with van der Waals surface area (Å²) in [6, 6.07) is 14.2. The molecule has 1 aliphatic heterocycles. The Morgan fingerprint density at radius 2 is 1.83 bits per heavy atom. The molecule has 1 N–H and O–H groups in total. The third-order valence-corrected chi connectivity index (χ3v) is 7.37. The molecule has 2 aromatic carbocycles. The maximum Gasteiger partial charge on any atom is 0.243 e. The summed E-state index contributed by atoms with van der Waals surface area (Å²) in [6.07, 6.45) is 4.66. The number of sulfonamides is 1. The molecule has 0 aromatic heterocycles. The van der Waals surface area contributed by atoms with Crippen molar-refractivity contribution in [2.45, 2.75) is 43.9 Å². The fraction of sp³-hybridized carbons (Fsp3) is 0.435. The number of unbranched alkanes of at least 4 members (excludes halogenated alkanes) is 1. The molecule has 0 bridgehead atoms. The van der Waals surface area contributed by atoms with Crippen LogP contribution in [0.2, 0.25) is 0 Å². The first-order chi connectivity index (χ1) is 14.4. The number of piperidine rings is 1. The van der Waals surface area contributed by atoms with Crippen molar-refractivity contribution < 1.29 is 17.9 Å². The van der Waals surface area contributed by atoms with Crippen LogP contribution in [0.4, 0.5) is 5.69 Å². The van der Waals surface area contributed by atoms with E-state index >= 15 is 0 Å². The van der Waals surface area contributed by atoms with Crippen molar-refractivity contribution in [2.24, 2.45) is 5.92 Å². The van der Waals surface area contributed by atoms with Gasteiger partial charge in [-0.2, -0.15) is 4.31 Å². The first kappa shape index (κ1) is 22.3. The zero-order valence-electron chi connectivity index (χ0n) is 17.6. The van der Waals surface area contributed by atoms with Crippen LogP contribution in [0.5, 0.6) is 5.75 Å². The van der Waals surface area contributed by atoms with E-state index in [4.69, 9.17) is 4.74 Å². The molecule has 162 valence electrons. The molecule has 1 atom stereocenters. The number of anilines is 1. The summed E-state index contributed by atoms with van der Waals surface area (Å²) >= 11 is 0. The highest BCUT2D eigenvalue weighted by Gasteiger charge is 2.33. The number of nitrogens with one attached hydrogen (secondary N) is 1. The normalized spacial score (nSPS) is 17.5. The van der Waals surface area contributed by atoms with Gasteiger partial charge < -0.3 is 10.1 Å². The third kappa shape index (κ3) is 5.40. The van der Waals surface area contributed by atoms with Crippen LogP contribution in [0.1, 0.15) is 38.2 Å². The Balaban J connectivity index is 1.63. The predicted molar refractivity (Wildman–Crippen MR) is 118 cm³/mol. The number of ether oxygens (including phenoxy) is 1. The van der Waals surface area contributed by atoms with Crippen LogP contribution in [0.3, 0.4) is 0 Å². The highest BCUT2D eigenvalue weighted by atomic mass is 32.2. The minimum atomic E-state index is -3.64. The van der Waals surface area contributed by atoms with Crippen LogP contribution < -0.4 is 10.1 Å². The van der Waals surface area contributed by atoms with Gasteiger partial charge in [-0.15, -0.1) is 0 Å². The van der Waals surface area contributed by atoms with E-state index in [2.05, 4.69) is 12.2 Å². The van der Waals surface area contributed by atoms with E-state index in [1.54, 1.807) is 12.1 Å². The van der Waals surface area contributed by atoms with Crippen LogP contribution in [0.15, 0.2) is 53.4 Å². The van der Waals surface area contributed by atoms with Gasteiger partial charge in [0, 0.05) is 18.8 Å². The van der Waals surface area contributed by atoms with Crippen LogP contribution >= 0.6 is 0 Å². The summed E-state index contributed by atoms with van der Waals surface area (Å²) < 4.78 is 32.5. The number of carbonyl (C=O) groups is 1. The smallest absolute Gasteiger partial charge is 0.243 e. The van der Waals surface area contributed by atoms with E-state index in [0.29, 0.717) is 25.1 Å². The second-order valence-corrected chi connectivity index (χ2v) is 9.61. The van der Waals surface area contributed by atoms with E-state index in [9.17, 15) is 13.2 Å². The molecule has 30 heavy (non-hydrogen) atoms. The Hall–Kier alpha value is -2.38. The zero-order chi connectivity index (χ0) is 21.6. The number of rotatable bonds is 8. The molecule has 2 aromatic rings. The Morgan fingerprint density at radius 1 is 1.13 bits per heavy atom. The molecule has 6 nitrogen and oxygen atoms in total. The molecule has 1 aliphatic rings. The highest BCUT2D eigenvalue weighted by Crippen LogP contribution is 2.26. The summed E-state index contributed by atoms with van der Waals surface area (Å²) in [6.45, 7) is 2.77. The molecule has 0 saturated carbocycles. The van der Waals surface area contributed by atoms with E-state index in [0.717, 1.165) is 24.9 Å². The second kappa shape index (κ2) is 10.1. The van der Waals surface area contributed by atoms with Crippen LogP contribution in [-0.4, -0.2) is 38.8 Å². The monoisotopic (exact) mass is 430 g/mol. The molecule has 0 aliphatic carbocycles. The fourth-order valence-electron chi connectivity index (χ4n) is 3.65. The second-order valence-electron chi connectivity index (χ2n) is 7.67. The Kier molecular flexibility index (Phi) is 7.50. The molecule has 1 amide bonds. The van der Waals surface area contributed by atoms with Gasteiger partial charge in [0.1, 0.15) is 5.75 Å². The number of hydrogen-bond donors (Lipinski definition) is 1. The lowest BCUT2D eigenvalue weighted by Crippen LogP contribution is -2.43. The Labute approximate surface area is 179 Å². The SMILES string of the molecule is CCCCc1ccc(NC(=O)[C@@H]2CCCN(S(=O)(=O)c3ccc(OC)cc3)C2)cc1. The van der Waals surface area contributed by atoms with Crippen molar-refractivity contribution >= 4 is 21.6 Å². The van der Waals surface area contributed by atoms with Gasteiger partial charge in [-0.3, -0.25) is 4.79 Å². The Bertz CT molecular complexity index is 940. The van der Waals surface area contributed by atoms with Crippen molar-refractivity contribution in [2.75, 3.05) is 25.5 Å². The molecule has 3 rings (SSSR count). The van der Waals surface area contributed by atoms with E-state index in [1.165, 1.54) is 29.1 Å². The van der Waals surface area contributed by atoms with Crippen molar-refractivity contribution in [3.05, 3.63) is 54.1 Å². The van der Waals surface area contributed by atoms with Crippen LogP contribution in [-0.2, 0) is 21.2 Å².